The molecule has 0 aromatic heterocycles. The number of amides is 1. The van der Waals surface area contributed by atoms with Gasteiger partial charge in [0.05, 0.1) is 13.2 Å². The summed E-state index contributed by atoms with van der Waals surface area (Å²) in [5, 5.41) is 0. The average Bonchev–Trinajstić information content (AvgIpc) is 3.21. The lowest BCUT2D eigenvalue weighted by Crippen LogP contribution is -2.53. The number of carbonyl (C=O) groups excluding carboxylic acids is 1. The van der Waals surface area contributed by atoms with Crippen LogP contribution in [0.5, 0.6) is 5.75 Å². The number of alkyl halides is 3. The van der Waals surface area contributed by atoms with E-state index in [4.69, 9.17) is 14.2 Å². The smallest absolute Gasteiger partial charge is 0.488 e. The van der Waals surface area contributed by atoms with E-state index in [2.05, 4.69) is 4.74 Å². The summed E-state index contributed by atoms with van der Waals surface area (Å²) in [6, 6.07) is 9.50. The zero-order chi connectivity index (χ0) is 23.6. The molecule has 0 N–H and O–H groups in total. The largest absolute Gasteiger partial charge is 0.522 e. The molecule has 11 heteroatoms. The highest BCUT2D eigenvalue weighted by Gasteiger charge is 2.51. The summed E-state index contributed by atoms with van der Waals surface area (Å²) >= 11 is 0. The number of rotatable bonds is 6. The molecule has 1 amide bonds. The van der Waals surface area contributed by atoms with Gasteiger partial charge in [0.2, 0.25) is 0 Å². The van der Waals surface area contributed by atoms with Gasteiger partial charge >= 0.3 is 6.36 Å². The van der Waals surface area contributed by atoms with Crippen LogP contribution in [0.25, 0.3) is 0 Å². The summed E-state index contributed by atoms with van der Waals surface area (Å²) in [4.78, 5) is 14.4. The Labute approximate surface area is 185 Å². The summed E-state index contributed by atoms with van der Waals surface area (Å²) in [6.45, 7) is -0.888. The number of hydrogen-bond donors (Lipinski definition) is 0. The first kappa shape index (κ1) is 23.4. The van der Waals surface area contributed by atoms with Crippen molar-refractivity contribution in [2.75, 3.05) is 33.1 Å². The minimum absolute atomic E-state index is 0.00191. The molecule has 2 aliphatic rings. The monoisotopic (exact) mass is 473 g/mol. The second-order valence-corrected chi connectivity index (χ2v) is 7.61. The average molecular weight is 473 g/mol. The van der Waals surface area contributed by atoms with Crippen LogP contribution >= 0.6 is 0 Å². The van der Waals surface area contributed by atoms with Gasteiger partial charge in [-0.25, -0.2) is 8.78 Å². The molecule has 2 heterocycles. The van der Waals surface area contributed by atoms with E-state index in [1.807, 2.05) is 0 Å². The molecule has 4 rings (SSSR count). The van der Waals surface area contributed by atoms with Crippen molar-refractivity contribution in [2.45, 2.75) is 24.5 Å². The van der Waals surface area contributed by atoms with Crippen LogP contribution < -0.4 is 4.74 Å². The first-order valence-electron chi connectivity index (χ1n) is 10.1. The normalized spacial score (nSPS) is 22.8. The molecule has 1 unspecified atom stereocenters. The summed E-state index contributed by atoms with van der Waals surface area (Å²) in [5.41, 5.74) is -0.206. The molecule has 2 aromatic carbocycles. The molecular formula is C22H20F5NO5. The Hall–Kier alpha value is -2.76. The lowest BCUT2D eigenvalue weighted by molar-refractivity contribution is -0.325. The van der Waals surface area contributed by atoms with Gasteiger partial charge in [0.25, 0.3) is 5.91 Å². The standard InChI is InChI=1S/C22H20F5NO5/c23-16-3-1-2-15(11-16)21-6-7-28(12-19(21)31-13-33-21)20(29)14-4-5-18(17(24)10-14)30-8-9-32-22(25,26)27/h1-5,10-11,19H,6-9,12-13H2/t19?,21-/m0/s1. The van der Waals surface area contributed by atoms with Gasteiger partial charge in [0.15, 0.2) is 11.6 Å². The molecule has 2 aliphatic heterocycles. The van der Waals surface area contributed by atoms with Crippen molar-refractivity contribution in [1.29, 1.82) is 0 Å². The fourth-order valence-electron chi connectivity index (χ4n) is 4.07. The third-order valence-corrected chi connectivity index (χ3v) is 5.63. The van der Waals surface area contributed by atoms with Crippen LogP contribution in [0.2, 0.25) is 0 Å². The summed E-state index contributed by atoms with van der Waals surface area (Å²) in [7, 11) is 0. The molecule has 0 radical (unpaired) electrons. The van der Waals surface area contributed by atoms with Gasteiger partial charge in [0, 0.05) is 18.5 Å². The number of benzene rings is 2. The van der Waals surface area contributed by atoms with Gasteiger partial charge in [-0.3, -0.25) is 9.53 Å². The number of hydrogen-bond acceptors (Lipinski definition) is 5. The predicted molar refractivity (Wildman–Crippen MR) is 103 cm³/mol. The molecule has 0 bridgehead atoms. The van der Waals surface area contributed by atoms with Crippen molar-refractivity contribution < 1.29 is 45.7 Å². The number of fused-ring (bicyclic) bond motifs is 1. The fourth-order valence-corrected chi connectivity index (χ4v) is 4.07. The number of carbonyl (C=O) groups is 1. The van der Waals surface area contributed by atoms with Crippen LogP contribution in [-0.2, 0) is 19.8 Å². The fraction of sp³-hybridized carbons (Fsp3) is 0.409. The molecule has 2 atom stereocenters. The van der Waals surface area contributed by atoms with E-state index in [0.717, 1.165) is 6.07 Å². The van der Waals surface area contributed by atoms with E-state index in [1.165, 1.54) is 29.2 Å². The molecule has 2 fully saturated rings. The van der Waals surface area contributed by atoms with E-state index >= 15 is 0 Å². The maximum Gasteiger partial charge on any atom is 0.522 e. The third-order valence-electron chi connectivity index (χ3n) is 5.63. The molecule has 178 valence electrons. The molecule has 0 aliphatic carbocycles. The minimum Gasteiger partial charge on any atom is -0.488 e. The van der Waals surface area contributed by atoms with Gasteiger partial charge in [-0.05, 0) is 35.9 Å². The van der Waals surface area contributed by atoms with Crippen LogP contribution in [-0.4, -0.2) is 56.4 Å². The van der Waals surface area contributed by atoms with Crippen molar-refractivity contribution >= 4 is 5.91 Å². The number of piperidine rings is 1. The van der Waals surface area contributed by atoms with Crippen molar-refractivity contribution in [3.8, 4) is 5.75 Å². The van der Waals surface area contributed by atoms with Crippen LogP contribution in [0.15, 0.2) is 42.5 Å². The maximum absolute atomic E-state index is 14.3. The third kappa shape index (κ3) is 5.10. The van der Waals surface area contributed by atoms with Gasteiger partial charge in [-0.15, -0.1) is 13.2 Å². The topological polar surface area (TPSA) is 57.2 Å². The number of halogens is 5. The number of nitrogens with zero attached hydrogens (tertiary/aromatic N) is 1. The number of ether oxygens (including phenoxy) is 4. The lowest BCUT2D eigenvalue weighted by atomic mass is 9.82. The van der Waals surface area contributed by atoms with Crippen LogP contribution in [0, 0.1) is 11.6 Å². The maximum atomic E-state index is 14.3. The molecule has 2 aromatic rings. The van der Waals surface area contributed by atoms with Gasteiger partial charge in [0.1, 0.15) is 30.9 Å². The summed E-state index contributed by atoms with van der Waals surface area (Å²) < 4.78 is 84.0. The highest BCUT2D eigenvalue weighted by molar-refractivity contribution is 5.94. The molecule has 0 spiro atoms. The Morgan fingerprint density at radius 1 is 1.15 bits per heavy atom. The van der Waals surface area contributed by atoms with E-state index in [-0.39, 0.29) is 31.2 Å². The minimum atomic E-state index is -4.80. The Bertz CT molecular complexity index is 1020. The highest BCUT2D eigenvalue weighted by Crippen LogP contribution is 2.43. The molecule has 33 heavy (non-hydrogen) atoms. The molecular weight excluding hydrogens is 453 g/mol. The Morgan fingerprint density at radius 3 is 2.70 bits per heavy atom. The summed E-state index contributed by atoms with van der Waals surface area (Å²) in [5.74, 6) is -2.05. The first-order chi connectivity index (χ1) is 15.7. The van der Waals surface area contributed by atoms with Crippen molar-refractivity contribution in [3.63, 3.8) is 0 Å². The first-order valence-corrected chi connectivity index (χ1v) is 10.1. The van der Waals surface area contributed by atoms with E-state index in [0.29, 0.717) is 12.0 Å². The van der Waals surface area contributed by atoms with Gasteiger partial charge < -0.3 is 19.1 Å². The van der Waals surface area contributed by atoms with Crippen LogP contribution in [0.4, 0.5) is 22.0 Å². The van der Waals surface area contributed by atoms with Crippen LogP contribution in [0.3, 0.4) is 0 Å². The Morgan fingerprint density at radius 2 is 1.97 bits per heavy atom. The Balaban J connectivity index is 1.40. The van der Waals surface area contributed by atoms with Crippen molar-refractivity contribution in [2.24, 2.45) is 0 Å². The Kier molecular flexibility index (Phi) is 6.55. The number of likely N-dealkylation sites (tertiary alicyclic amines) is 1. The second-order valence-electron chi connectivity index (χ2n) is 7.61. The van der Waals surface area contributed by atoms with Gasteiger partial charge in [-0.2, -0.15) is 0 Å². The SMILES string of the molecule is O=C(c1ccc(OCCOC(F)(F)F)c(F)c1)N1CC[C@@]2(c3cccc(F)c3)OCOC2C1. The zero-order valence-corrected chi connectivity index (χ0v) is 17.2. The van der Waals surface area contributed by atoms with E-state index in [1.54, 1.807) is 12.1 Å². The molecule has 0 saturated carbocycles. The van der Waals surface area contributed by atoms with E-state index in [9.17, 15) is 26.7 Å². The lowest BCUT2D eigenvalue weighted by Gasteiger charge is -2.42. The molecule has 6 nitrogen and oxygen atoms in total. The highest BCUT2D eigenvalue weighted by atomic mass is 19.4. The van der Waals surface area contributed by atoms with Crippen LogP contribution in [0.1, 0.15) is 22.3 Å². The van der Waals surface area contributed by atoms with Crippen molar-refractivity contribution in [3.05, 3.63) is 65.2 Å². The second kappa shape index (κ2) is 9.24. The predicted octanol–water partition coefficient (Wildman–Crippen LogP) is 3.99. The zero-order valence-electron chi connectivity index (χ0n) is 17.2. The molecule has 2 saturated heterocycles. The quantitative estimate of drug-likeness (QED) is 0.469. The summed E-state index contributed by atoms with van der Waals surface area (Å²) in [6.07, 6.45) is -4.97. The van der Waals surface area contributed by atoms with Gasteiger partial charge in [-0.1, -0.05) is 12.1 Å². The van der Waals surface area contributed by atoms with E-state index < -0.39 is 48.8 Å². The van der Waals surface area contributed by atoms with Crippen molar-refractivity contribution in [1.82, 2.24) is 4.90 Å².